The largest absolute Gasteiger partial charge is 0.405 e. The van der Waals surface area contributed by atoms with E-state index >= 15 is 0 Å². The van der Waals surface area contributed by atoms with Gasteiger partial charge in [0, 0.05) is 0 Å². The summed E-state index contributed by atoms with van der Waals surface area (Å²) in [7, 11) is 2.20. The topological polar surface area (TPSA) is 29.3 Å². The molecule has 0 radical (unpaired) electrons. The van der Waals surface area contributed by atoms with Crippen LogP contribution in [0.3, 0.4) is 0 Å². The second-order valence-corrected chi connectivity index (χ2v) is 3.75. The van der Waals surface area contributed by atoms with Gasteiger partial charge in [-0.1, -0.05) is 19.9 Å². The zero-order valence-electron chi connectivity index (χ0n) is 10.00. The number of rotatable bonds is 3. The molecule has 0 saturated carbocycles. The van der Waals surface area contributed by atoms with Gasteiger partial charge in [-0.25, -0.2) is 0 Å². The second kappa shape index (κ2) is 9.07. The van der Waals surface area contributed by atoms with E-state index in [4.69, 9.17) is 5.73 Å². The van der Waals surface area contributed by atoms with Gasteiger partial charge < -0.3 is 10.6 Å². The number of piperidine rings is 1. The molecule has 1 rings (SSSR count). The van der Waals surface area contributed by atoms with Crippen molar-refractivity contribution in [3.8, 4) is 0 Å². The minimum atomic E-state index is 0.942. The van der Waals surface area contributed by atoms with Gasteiger partial charge in [0.1, 0.15) is 0 Å². The predicted molar refractivity (Wildman–Crippen MR) is 64.1 cm³/mol. The van der Waals surface area contributed by atoms with E-state index in [0.717, 1.165) is 12.3 Å². The average molecular weight is 198 g/mol. The maximum atomic E-state index is 5.28. The van der Waals surface area contributed by atoms with Crippen molar-refractivity contribution in [2.75, 3.05) is 20.1 Å². The lowest BCUT2D eigenvalue weighted by atomic mass is 9.92. The number of hydrogen-bond donors (Lipinski definition) is 1. The third kappa shape index (κ3) is 6.03. The number of nitrogens with two attached hydrogens (primary N) is 1. The Balaban J connectivity index is 0.000000791. The summed E-state index contributed by atoms with van der Waals surface area (Å²) in [4.78, 5) is 2.41. The summed E-state index contributed by atoms with van der Waals surface area (Å²) in [6.07, 6.45) is 8.95. The summed E-state index contributed by atoms with van der Waals surface area (Å²) in [5, 5.41) is 0. The Labute approximate surface area is 89.2 Å². The van der Waals surface area contributed by atoms with Crippen LogP contribution >= 0.6 is 0 Å². The molecule has 1 saturated heterocycles. The van der Waals surface area contributed by atoms with E-state index in [0.29, 0.717) is 0 Å². The molecule has 0 aromatic carbocycles. The molecule has 0 amide bonds. The van der Waals surface area contributed by atoms with Crippen molar-refractivity contribution >= 4 is 0 Å². The van der Waals surface area contributed by atoms with E-state index in [1.807, 2.05) is 13.8 Å². The first kappa shape index (κ1) is 13.5. The summed E-state index contributed by atoms with van der Waals surface area (Å²) in [6, 6.07) is 0. The normalized spacial score (nSPS) is 19.4. The first-order chi connectivity index (χ1) is 6.83. The highest BCUT2D eigenvalue weighted by Gasteiger charge is 2.15. The molecule has 0 bridgehead atoms. The van der Waals surface area contributed by atoms with Crippen LogP contribution < -0.4 is 5.73 Å². The molecule has 0 aromatic rings. The zero-order valence-corrected chi connectivity index (χ0v) is 10.00. The van der Waals surface area contributed by atoms with E-state index in [9.17, 15) is 0 Å². The van der Waals surface area contributed by atoms with Gasteiger partial charge in [-0.2, -0.15) is 0 Å². The average Bonchev–Trinajstić information content (AvgIpc) is 2.24. The quantitative estimate of drug-likeness (QED) is 0.755. The van der Waals surface area contributed by atoms with Gasteiger partial charge in [0.15, 0.2) is 0 Å². The number of hydrogen-bond acceptors (Lipinski definition) is 2. The molecule has 0 aliphatic carbocycles. The fourth-order valence-corrected chi connectivity index (χ4v) is 1.78. The Hall–Kier alpha value is -0.500. The molecular weight excluding hydrogens is 172 g/mol. The number of allylic oxidation sites excluding steroid dienone is 1. The molecule has 1 aliphatic rings. The Morgan fingerprint density at radius 3 is 2.36 bits per heavy atom. The minimum absolute atomic E-state index is 0.942. The van der Waals surface area contributed by atoms with Crippen LogP contribution in [0.4, 0.5) is 0 Å². The Kier molecular flexibility index (Phi) is 8.75. The third-order valence-corrected chi connectivity index (χ3v) is 2.72. The lowest BCUT2D eigenvalue weighted by Crippen LogP contribution is -2.30. The maximum Gasteiger partial charge on any atom is -0.00191 e. The molecule has 84 valence electrons. The van der Waals surface area contributed by atoms with Crippen LogP contribution in [-0.4, -0.2) is 25.0 Å². The van der Waals surface area contributed by atoms with Crippen LogP contribution in [0.2, 0.25) is 0 Å². The maximum absolute atomic E-state index is 5.28. The summed E-state index contributed by atoms with van der Waals surface area (Å²) < 4.78 is 0. The van der Waals surface area contributed by atoms with Crippen LogP contribution in [0.1, 0.15) is 39.5 Å². The lowest BCUT2D eigenvalue weighted by molar-refractivity contribution is 0.213. The molecular formula is C12H26N2. The first-order valence-corrected chi connectivity index (χ1v) is 5.88. The Morgan fingerprint density at radius 2 is 1.86 bits per heavy atom. The molecule has 0 unspecified atom stereocenters. The lowest BCUT2D eigenvalue weighted by Gasteiger charge is -2.28. The monoisotopic (exact) mass is 198 g/mol. The molecule has 2 nitrogen and oxygen atoms in total. The van der Waals surface area contributed by atoms with Crippen LogP contribution in [0.25, 0.3) is 0 Å². The van der Waals surface area contributed by atoms with Crippen LogP contribution in [-0.2, 0) is 0 Å². The van der Waals surface area contributed by atoms with Crippen LogP contribution in [0, 0.1) is 5.92 Å². The SMILES string of the molecule is CC.CN1CCC(CC/C=C\N)CC1. The number of nitrogens with zero attached hydrogens (tertiary/aromatic N) is 1. The van der Waals surface area contributed by atoms with E-state index < -0.39 is 0 Å². The summed E-state index contributed by atoms with van der Waals surface area (Å²) in [6.45, 7) is 6.55. The number of likely N-dealkylation sites (tertiary alicyclic amines) is 1. The molecule has 2 N–H and O–H groups in total. The van der Waals surface area contributed by atoms with E-state index in [-0.39, 0.29) is 0 Å². The van der Waals surface area contributed by atoms with E-state index in [2.05, 4.69) is 18.0 Å². The van der Waals surface area contributed by atoms with Crippen molar-refractivity contribution in [2.24, 2.45) is 11.7 Å². The zero-order chi connectivity index (χ0) is 10.8. The fourth-order valence-electron chi connectivity index (χ4n) is 1.78. The molecule has 0 aromatic heterocycles. The van der Waals surface area contributed by atoms with Gasteiger partial charge in [-0.05, 0) is 57.9 Å². The van der Waals surface area contributed by atoms with Crippen molar-refractivity contribution in [1.29, 1.82) is 0 Å². The Bertz CT molecular complexity index is 135. The highest BCUT2D eigenvalue weighted by Crippen LogP contribution is 2.20. The first-order valence-electron chi connectivity index (χ1n) is 5.88. The van der Waals surface area contributed by atoms with Crippen LogP contribution in [0.5, 0.6) is 0 Å². The predicted octanol–water partition coefficient (Wildman–Crippen LogP) is 2.61. The highest BCUT2D eigenvalue weighted by atomic mass is 15.1. The summed E-state index contributed by atoms with van der Waals surface area (Å²) in [5.74, 6) is 0.942. The van der Waals surface area contributed by atoms with Crippen molar-refractivity contribution < 1.29 is 0 Å². The van der Waals surface area contributed by atoms with Crippen molar-refractivity contribution in [3.05, 3.63) is 12.3 Å². The minimum Gasteiger partial charge on any atom is -0.405 e. The van der Waals surface area contributed by atoms with Gasteiger partial charge >= 0.3 is 0 Å². The Morgan fingerprint density at radius 1 is 1.29 bits per heavy atom. The van der Waals surface area contributed by atoms with Crippen molar-refractivity contribution in [3.63, 3.8) is 0 Å². The second-order valence-electron chi connectivity index (χ2n) is 3.75. The van der Waals surface area contributed by atoms with Crippen molar-refractivity contribution in [1.82, 2.24) is 4.90 Å². The summed E-state index contributed by atoms with van der Waals surface area (Å²) >= 11 is 0. The molecule has 1 aliphatic heterocycles. The molecule has 0 atom stereocenters. The molecule has 1 fully saturated rings. The molecule has 0 spiro atoms. The molecule has 2 heteroatoms. The van der Waals surface area contributed by atoms with E-state index in [1.54, 1.807) is 6.20 Å². The van der Waals surface area contributed by atoms with Crippen LogP contribution in [0.15, 0.2) is 12.3 Å². The summed E-state index contributed by atoms with van der Waals surface area (Å²) in [5.41, 5.74) is 5.28. The third-order valence-electron chi connectivity index (χ3n) is 2.72. The van der Waals surface area contributed by atoms with E-state index in [1.165, 1.54) is 32.4 Å². The van der Waals surface area contributed by atoms with Gasteiger partial charge in [0.2, 0.25) is 0 Å². The standard InChI is InChI=1S/C10H20N2.C2H6/c1-12-8-5-10(6-9-12)4-2-3-7-11;1-2/h3,7,10H,2,4-6,8-9,11H2,1H3;1-2H3/b7-3-;. The fraction of sp³-hybridized carbons (Fsp3) is 0.833. The van der Waals surface area contributed by atoms with Gasteiger partial charge in [0.25, 0.3) is 0 Å². The smallest absolute Gasteiger partial charge is 0.00191 e. The van der Waals surface area contributed by atoms with Gasteiger partial charge in [-0.15, -0.1) is 0 Å². The van der Waals surface area contributed by atoms with Crippen molar-refractivity contribution in [2.45, 2.75) is 39.5 Å². The highest BCUT2D eigenvalue weighted by molar-refractivity contribution is 4.78. The van der Waals surface area contributed by atoms with Gasteiger partial charge in [-0.3, -0.25) is 0 Å². The molecule has 14 heavy (non-hydrogen) atoms. The van der Waals surface area contributed by atoms with Gasteiger partial charge in [0.05, 0.1) is 0 Å². The molecule has 1 heterocycles.